The molecule has 0 atom stereocenters. The van der Waals surface area contributed by atoms with Crippen molar-refractivity contribution in [1.29, 1.82) is 0 Å². The molecular weight excluding hydrogens is 444 g/mol. The normalized spacial score (nSPS) is 14.9. The molecular formula is C24H26N2O6S. The summed E-state index contributed by atoms with van der Waals surface area (Å²) in [5, 5.41) is 0.458. The van der Waals surface area contributed by atoms with E-state index in [-0.39, 0.29) is 21.9 Å². The van der Waals surface area contributed by atoms with E-state index < -0.39 is 16.0 Å². The Labute approximate surface area is 192 Å². The lowest BCUT2D eigenvalue weighted by Gasteiger charge is -2.30. The highest BCUT2D eigenvalue weighted by Crippen LogP contribution is 2.30. The van der Waals surface area contributed by atoms with Crippen molar-refractivity contribution in [2.24, 2.45) is 5.92 Å². The monoisotopic (exact) mass is 470 g/mol. The fraction of sp³-hybridized carbons (Fsp3) is 0.333. The number of hydrogen-bond acceptors (Lipinski definition) is 6. The van der Waals surface area contributed by atoms with Crippen LogP contribution in [0.15, 0.2) is 53.6 Å². The summed E-state index contributed by atoms with van der Waals surface area (Å²) in [4.78, 5) is 27.1. The molecule has 2 aromatic carbocycles. The molecule has 0 N–H and O–H groups in total. The molecule has 1 fully saturated rings. The van der Waals surface area contributed by atoms with Crippen molar-refractivity contribution in [1.82, 2.24) is 8.87 Å². The number of aromatic nitrogens is 1. The highest BCUT2D eigenvalue weighted by atomic mass is 32.2. The van der Waals surface area contributed by atoms with Gasteiger partial charge in [-0.15, -0.1) is 0 Å². The predicted octanol–water partition coefficient (Wildman–Crippen LogP) is 3.55. The second-order valence-electron chi connectivity index (χ2n) is 8.19. The Hall–Kier alpha value is -3.33. The van der Waals surface area contributed by atoms with Gasteiger partial charge in [-0.1, -0.05) is 25.1 Å². The fourth-order valence-electron chi connectivity index (χ4n) is 4.13. The highest BCUT2D eigenvalue weighted by Gasteiger charge is 2.28. The van der Waals surface area contributed by atoms with E-state index in [0.29, 0.717) is 35.7 Å². The molecule has 3 aromatic rings. The van der Waals surface area contributed by atoms with Crippen molar-refractivity contribution in [3.8, 4) is 5.75 Å². The molecule has 1 saturated heterocycles. The Bertz CT molecular complexity index is 1320. The number of nitrogens with zero attached hydrogens (tertiary/aromatic N) is 2. The number of fused-ring (bicyclic) bond motifs is 1. The van der Waals surface area contributed by atoms with Crippen molar-refractivity contribution in [2.75, 3.05) is 27.3 Å². The van der Waals surface area contributed by atoms with Crippen molar-refractivity contribution in [2.45, 2.75) is 24.7 Å². The number of esters is 1. The lowest BCUT2D eigenvalue weighted by atomic mass is 9.98. The van der Waals surface area contributed by atoms with E-state index in [1.807, 2.05) is 0 Å². The number of carbonyl (C=O) groups excluding carboxylic acids is 2. The van der Waals surface area contributed by atoms with E-state index >= 15 is 0 Å². The van der Waals surface area contributed by atoms with Crippen molar-refractivity contribution >= 4 is 32.8 Å². The van der Waals surface area contributed by atoms with Crippen LogP contribution in [0, 0.1) is 5.92 Å². The van der Waals surface area contributed by atoms with Crippen LogP contribution in [-0.2, 0) is 14.8 Å². The maximum atomic E-state index is 13.6. The molecule has 8 nitrogen and oxygen atoms in total. The van der Waals surface area contributed by atoms with E-state index in [1.165, 1.54) is 38.6 Å². The van der Waals surface area contributed by atoms with Gasteiger partial charge in [0.15, 0.2) is 0 Å². The number of methoxy groups -OCH3 is 2. The second-order valence-corrected chi connectivity index (χ2v) is 10.0. The minimum absolute atomic E-state index is 0.0748. The minimum Gasteiger partial charge on any atom is -0.496 e. The standard InChI is InChI=1S/C24H26N2O6S/c1-16-10-12-25(13-11-16)23(27)19-14-17(8-9-22(19)31-2)33(29,30)26-15-20(24(28)32-3)18-6-4-5-7-21(18)26/h4-9,14-16H,10-13H2,1-3H3. The minimum atomic E-state index is -4.12. The van der Waals surface area contributed by atoms with E-state index in [1.54, 1.807) is 29.2 Å². The average Bonchev–Trinajstić information content (AvgIpc) is 3.24. The zero-order chi connectivity index (χ0) is 23.8. The number of ether oxygens (including phenoxy) is 2. The summed E-state index contributed by atoms with van der Waals surface area (Å²) in [5.74, 6) is -0.0349. The number of amides is 1. The quantitative estimate of drug-likeness (QED) is 0.530. The Balaban J connectivity index is 1.80. The predicted molar refractivity (Wildman–Crippen MR) is 123 cm³/mol. The topological polar surface area (TPSA) is 94.9 Å². The molecule has 174 valence electrons. The number of hydrogen-bond donors (Lipinski definition) is 0. The first kappa shape index (κ1) is 22.8. The SMILES string of the molecule is COC(=O)c1cn(S(=O)(=O)c2ccc(OC)c(C(=O)N3CCC(C)CC3)c2)c2ccccc12. The molecule has 0 radical (unpaired) electrons. The molecule has 4 rings (SSSR count). The van der Waals surface area contributed by atoms with Gasteiger partial charge in [-0.2, -0.15) is 0 Å². The van der Waals surface area contributed by atoms with Gasteiger partial charge < -0.3 is 14.4 Å². The maximum absolute atomic E-state index is 13.6. The zero-order valence-electron chi connectivity index (χ0n) is 18.8. The summed E-state index contributed by atoms with van der Waals surface area (Å²) in [6.45, 7) is 3.38. The van der Waals surface area contributed by atoms with Gasteiger partial charge in [0.2, 0.25) is 0 Å². The lowest BCUT2D eigenvalue weighted by Crippen LogP contribution is -2.38. The Kier molecular flexibility index (Phi) is 6.16. The van der Waals surface area contributed by atoms with Gasteiger partial charge in [0.05, 0.1) is 35.8 Å². The first-order valence-corrected chi connectivity index (χ1v) is 12.1. The van der Waals surface area contributed by atoms with Crippen LogP contribution < -0.4 is 4.74 Å². The van der Waals surface area contributed by atoms with Gasteiger partial charge in [0.1, 0.15) is 5.75 Å². The smallest absolute Gasteiger partial charge is 0.340 e. The van der Waals surface area contributed by atoms with Gasteiger partial charge in [-0.05, 0) is 43.0 Å². The van der Waals surface area contributed by atoms with Crippen LogP contribution in [-0.4, -0.2) is 56.5 Å². The molecule has 0 aliphatic carbocycles. The van der Waals surface area contributed by atoms with E-state index in [0.717, 1.165) is 16.8 Å². The third-order valence-electron chi connectivity index (χ3n) is 6.11. The molecule has 1 aromatic heterocycles. The number of likely N-dealkylation sites (tertiary alicyclic amines) is 1. The largest absolute Gasteiger partial charge is 0.496 e. The van der Waals surface area contributed by atoms with Crippen LogP contribution >= 0.6 is 0 Å². The van der Waals surface area contributed by atoms with Crippen LogP contribution in [0.25, 0.3) is 10.9 Å². The van der Waals surface area contributed by atoms with Crippen LogP contribution in [0.4, 0.5) is 0 Å². The average molecular weight is 471 g/mol. The van der Waals surface area contributed by atoms with Crippen molar-refractivity contribution < 1.29 is 27.5 Å². The van der Waals surface area contributed by atoms with Gasteiger partial charge in [0, 0.05) is 24.7 Å². The fourth-order valence-corrected chi connectivity index (χ4v) is 5.53. The summed E-state index contributed by atoms with van der Waals surface area (Å²) in [5.41, 5.74) is 0.674. The molecule has 1 amide bonds. The molecule has 2 heterocycles. The third-order valence-corrected chi connectivity index (χ3v) is 7.78. The van der Waals surface area contributed by atoms with E-state index in [9.17, 15) is 18.0 Å². The van der Waals surface area contributed by atoms with Gasteiger partial charge in [-0.25, -0.2) is 17.2 Å². The number of rotatable bonds is 5. The Morgan fingerprint density at radius 3 is 2.36 bits per heavy atom. The summed E-state index contributed by atoms with van der Waals surface area (Å²) in [6, 6.07) is 10.9. The van der Waals surface area contributed by atoms with Crippen LogP contribution in [0.2, 0.25) is 0 Å². The molecule has 0 spiro atoms. The molecule has 33 heavy (non-hydrogen) atoms. The number of benzene rings is 2. The Morgan fingerprint density at radius 2 is 1.70 bits per heavy atom. The van der Waals surface area contributed by atoms with Gasteiger partial charge >= 0.3 is 5.97 Å². The molecule has 1 aliphatic rings. The van der Waals surface area contributed by atoms with E-state index in [4.69, 9.17) is 9.47 Å². The first-order chi connectivity index (χ1) is 15.8. The third kappa shape index (κ3) is 4.08. The van der Waals surface area contributed by atoms with Gasteiger partial charge in [-0.3, -0.25) is 4.79 Å². The maximum Gasteiger partial charge on any atom is 0.340 e. The summed E-state index contributed by atoms with van der Waals surface area (Å²) in [6.07, 6.45) is 3.05. The molecule has 0 saturated carbocycles. The van der Waals surface area contributed by atoms with Crippen molar-refractivity contribution in [3.05, 3.63) is 59.8 Å². The summed E-state index contributed by atoms with van der Waals surface area (Å²) in [7, 11) is -1.44. The number of carbonyl (C=O) groups is 2. The van der Waals surface area contributed by atoms with Crippen molar-refractivity contribution in [3.63, 3.8) is 0 Å². The molecule has 0 unspecified atom stereocenters. The molecule has 0 bridgehead atoms. The molecule has 9 heteroatoms. The second kappa shape index (κ2) is 8.90. The molecule has 1 aliphatic heterocycles. The van der Waals surface area contributed by atoms with Crippen LogP contribution in [0.3, 0.4) is 0 Å². The zero-order valence-corrected chi connectivity index (χ0v) is 19.6. The van der Waals surface area contributed by atoms with Crippen LogP contribution in [0.1, 0.15) is 40.5 Å². The highest BCUT2D eigenvalue weighted by molar-refractivity contribution is 7.90. The van der Waals surface area contributed by atoms with Crippen LogP contribution in [0.5, 0.6) is 5.75 Å². The first-order valence-electron chi connectivity index (χ1n) is 10.7. The summed E-state index contributed by atoms with van der Waals surface area (Å²) >= 11 is 0. The number of piperidine rings is 1. The van der Waals surface area contributed by atoms with Gasteiger partial charge in [0.25, 0.3) is 15.9 Å². The van der Waals surface area contributed by atoms with E-state index in [2.05, 4.69) is 6.92 Å². The summed E-state index contributed by atoms with van der Waals surface area (Å²) < 4.78 is 38.5. The lowest BCUT2D eigenvalue weighted by molar-refractivity contribution is 0.0602. The Morgan fingerprint density at radius 1 is 1.00 bits per heavy atom. The number of para-hydroxylation sites is 1.